The lowest BCUT2D eigenvalue weighted by Crippen LogP contribution is -2.23. The summed E-state index contributed by atoms with van der Waals surface area (Å²) in [5.74, 6) is 1.46. The molecule has 9 heteroatoms. The van der Waals surface area contributed by atoms with Crippen molar-refractivity contribution in [2.75, 3.05) is 19.5 Å². The Morgan fingerprint density at radius 2 is 1.87 bits per heavy atom. The molecular formula is C21H22FIN4O3. The van der Waals surface area contributed by atoms with Crippen LogP contribution in [0, 0.1) is 5.82 Å². The van der Waals surface area contributed by atoms with E-state index in [0.29, 0.717) is 28.5 Å². The molecule has 1 aromatic heterocycles. The van der Waals surface area contributed by atoms with Gasteiger partial charge in [-0.25, -0.2) is 9.38 Å². The van der Waals surface area contributed by atoms with Gasteiger partial charge in [-0.2, -0.15) is 0 Å². The second kappa shape index (κ2) is 11.2. The smallest absolute Gasteiger partial charge is 0.193 e. The Bertz CT molecular complexity index is 1000. The molecule has 3 aromatic rings. The van der Waals surface area contributed by atoms with Crippen molar-refractivity contribution in [2.45, 2.75) is 6.54 Å². The first-order valence-electron chi connectivity index (χ1n) is 8.74. The third-order valence-corrected chi connectivity index (χ3v) is 3.96. The van der Waals surface area contributed by atoms with Gasteiger partial charge in [0.05, 0.1) is 32.6 Å². The molecule has 3 rings (SSSR count). The van der Waals surface area contributed by atoms with Crippen molar-refractivity contribution in [1.82, 2.24) is 4.98 Å². The van der Waals surface area contributed by atoms with Gasteiger partial charge in [0.2, 0.25) is 0 Å². The maximum absolute atomic E-state index is 14.3. The van der Waals surface area contributed by atoms with Gasteiger partial charge in [0, 0.05) is 12.3 Å². The number of hydrogen-bond acceptors (Lipinski definition) is 5. The van der Waals surface area contributed by atoms with E-state index in [2.05, 4.69) is 15.3 Å². The topological polar surface area (TPSA) is 91.0 Å². The zero-order valence-electron chi connectivity index (χ0n) is 16.5. The number of guanidine groups is 1. The third kappa shape index (κ3) is 6.21. The second-order valence-electron chi connectivity index (χ2n) is 5.95. The van der Waals surface area contributed by atoms with Crippen molar-refractivity contribution in [2.24, 2.45) is 10.7 Å². The summed E-state index contributed by atoms with van der Waals surface area (Å²) >= 11 is 0. The van der Waals surface area contributed by atoms with Crippen LogP contribution in [0.2, 0.25) is 0 Å². The molecule has 0 unspecified atom stereocenters. The molecule has 0 saturated carbocycles. The Morgan fingerprint density at radius 1 is 1.07 bits per heavy atom. The Morgan fingerprint density at radius 3 is 2.53 bits per heavy atom. The van der Waals surface area contributed by atoms with E-state index in [1.807, 2.05) is 0 Å². The van der Waals surface area contributed by atoms with Crippen LogP contribution in [0.3, 0.4) is 0 Å². The van der Waals surface area contributed by atoms with Crippen molar-refractivity contribution in [3.63, 3.8) is 0 Å². The van der Waals surface area contributed by atoms with E-state index in [-0.39, 0.29) is 42.2 Å². The van der Waals surface area contributed by atoms with Gasteiger partial charge in [-0.15, -0.1) is 24.0 Å². The van der Waals surface area contributed by atoms with Gasteiger partial charge in [0.15, 0.2) is 17.5 Å². The number of benzene rings is 2. The van der Waals surface area contributed by atoms with Gasteiger partial charge >= 0.3 is 0 Å². The first-order chi connectivity index (χ1) is 14.1. The highest BCUT2D eigenvalue weighted by Gasteiger charge is 2.08. The number of rotatable bonds is 7. The molecule has 158 valence electrons. The highest BCUT2D eigenvalue weighted by atomic mass is 127. The third-order valence-electron chi connectivity index (χ3n) is 3.96. The Kier molecular flexibility index (Phi) is 8.66. The zero-order chi connectivity index (χ0) is 20.6. The standard InChI is InChI=1S/C21H21FN4O3.HI/c1-27-15-6-8-20(28-2)18(11-15)26-21(23)25-12-14-5-7-19(17(22)10-14)29-16-4-3-9-24-13-16;/h3-11,13H,12H2,1-2H3,(H3,23,25,26);1H. The van der Waals surface area contributed by atoms with Crippen molar-refractivity contribution in [3.05, 3.63) is 72.3 Å². The average molecular weight is 524 g/mol. The number of ether oxygens (including phenoxy) is 3. The fourth-order valence-corrected chi connectivity index (χ4v) is 2.53. The molecule has 0 bridgehead atoms. The fraction of sp³-hybridized carbons (Fsp3) is 0.143. The number of nitrogens with two attached hydrogens (primary N) is 1. The SMILES string of the molecule is COc1ccc(OC)c(NC(N)=NCc2ccc(Oc3cccnc3)c(F)c2)c1.I. The van der Waals surface area contributed by atoms with Crippen LogP contribution in [0.1, 0.15) is 5.56 Å². The molecule has 7 nitrogen and oxygen atoms in total. The lowest BCUT2D eigenvalue weighted by atomic mass is 10.2. The molecular weight excluding hydrogens is 502 g/mol. The van der Waals surface area contributed by atoms with Crippen LogP contribution in [0.25, 0.3) is 0 Å². The molecule has 3 N–H and O–H groups in total. The number of aromatic nitrogens is 1. The minimum atomic E-state index is -0.498. The van der Waals surface area contributed by atoms with E-state index in [1.165, 1.54) is 12.3 Å². The van der Waals surface area contributed by atoms with Gasteiger partial charge in [0.1, 0.15) is 17.2 Å². The highest BCUT2D eigenvalue weighted by molar-refractivity contribution is 14.0. The predicted octanol–water partition coefficient (Wildman–Crippen LogP) is 4.58. The summed E-state index contributed by atoms with van der Waals surface area (Å²) < 4.78 is 30.3. The van der Waals surface area contributed by atoms with E-state index in [9.17, 15) is 4.39 Å². The second-order valence-corrected chi connectivity index (χ2v) is 5.95. The molecule has 30 heavy (non-hydrogen) atoms. The van der Waals surface area contributed by atoms with Gasteiger partial charge in [-0.3, -0.25) is 4.98 Å². The summed E-state index contributed by atoms with van der Waals surface area (Å²) in [4.78, 5) is 8.18. The van der Waals surface area contributed by atoms with Gasteiger partial charge in [0.25, 0.3) is 0 Å². The lowest BCUT2D eigenvalue weighted by molar-refractivity contribution is 0.405. The number of methoxy groups -OCH3 is 2. The lowest BCUT2D eigenvalue weighted by Gasteiger charge is -2.12. The van der Waals surface area contributed by atoms with Gasteiger partial charge in [-0.1, -0.05) is 6.07 Å². The summed E-state index contributed by atoms with van der Waals surface area (Å²) in [5.41, 5.74) is 7.21. The van der Waals surface area contributed by atoms with Crippen LogP contribution < -0.4 is 25.3 Å². The van der Waals surface area contributed by atoms with E-state index in [1.54, 1.807) is 62.9 Å². The highest BCUT2D eigenvalue weighted by Crippen LogP contribution is 2.29. The first-order valence-corrected chi connectivity index (χ1v) is 8.74. The number of nitrogens with one attached hydrogen (secondary N) is 1. The number of hydrogen-bond donors (Lipinski definition) is 2. The fourth-order valence-electron chi connectivity index (χ4n) is 2.53. The molecule has 0 amide bonds. The van der Waals surface area contributed by atoms with Gasteiger partial charge < -0.3 is 25.3 Å². The Balaban J connectivity index is 0.00000320. The van der Waals surface area contributed by atoms with Crippen LogP contribution in [0.5, 0.6) is 23.0 Å². The number of anilines is 1. The average Bonchev–Trinajstić information content (AvgIpc) is 2.74. The summed E-state index contributed by atoms with van der Waals surface area (Å²) in [7, 11) is 3.12. The molecule has 0 fully saturated rings. The van der Waals surface area contributed by atoms with Crippen molar-refractivity contribution in [1.29, 1.82) is 0 Å². The minimum Gasteiger partial charge on any atom is -0.497 e. The molecule has 1 heterocycles. The number of nitrogens with zero attached hydrogens (tertiary/aromatic N) is 2. The number of halogens is 2. The summed E-state index contributed by atoms with van der Waals surface area (Å²) in [6.07, 6.45) is 3.13. The Hall–Kier alpha value is -3.08. The van der Waals surface area contributed by atoms with Crippen LogP contribution in [0.4, 0.5) is 10.1 Å². The van der Waals surface area contributed by atoms with Crippen LogP contribution in [-0.4, -0.2) is 25.2 Å². The largest absolute Gasteiger partial charge is 0.497 e. The molecule has 0 aliphatic heterocycles. The predicted molar refractivity (Wildman–Crippen MR) is 125 cm³/mol. The molecule has 0 aliphatic carbocycles. The van der Waals surface area contributed by atoms with E-state index in [0.717, 1.165) is 0 Å². The zero-order valence-corrected chi connectivity index (χ0v) is 18.8. The normalized spacial score (nSPS) is 10.7. The molecule has 2 aromatic carbocycles. The van der Waals surface area contributed by atoms with Crippen molar-refractivity contribution >= 4 is 35.6 Å². The summed E-state index contributed by atoms with van der Waals surface area (Å²) in [6.45, 7) is 0.190. The molecule has 0 atom stereocenters. The van der Waals surface area contributed by atoms with Crippen molar-refractivity contribution < 1.29 is 18.6 Å². The monoisotopic (exact) mass is 524 g/mol. The summed E-state index contributed by atoms with van der Waals surface area (Å²) in [6, 6.07) is 13.3. The maximum atomic E-state index is 14.3. The summed E-state index contributed by atoms with van der Waals surface area (Å²) in [5, 5.41) is 2.96. The van der Waals surface area contributed by atoms with E-state index in [4.69, 9.17) is 19.9 Å². The molecule has 0 aliphatic rings. The maximum Gasteiger partial charge on any atom is 0.193 e. The molecule has 0 radical (unpaired) electrons. The van der Waals surface area contributed by atoms with Gasteiger partial charge in [-0.05, 0) is 42.0 Å². The van der Waals surface area contributed by atoms with E-state index >= 15 is 0 Å². The molecule has 0 spiro atoms. The van der Waals surface area contributed by atoms with Crippen LogP contribution in [0.15, 0.2) is 65.9 Å². The van der Waals surface area contributed by atoms with E-state index < -0.39 is 5.82 Å². The quantitative estimate of drug-likeness (QED) is 0.267. The first kappa shape index (κ1) is 23.2. The molecule has 0 saturated heterocycles. The number of pyridine rings is 1. The van der Waals surface area contributed by atoms with Crippen molar-refractivity contribution in [3.8, 4) is 23.0 Å². The Labute approximate surface area is 191 Å². The van der Waals surface area contributed by atoms with Crippen LogP contribution in [-0.2, 0) is 6.54 Å². The van der Waals surface area contributed by atoms with Crippen LogP contribution >= 0.6 is 24.0 Å². The number of aliphatic imine (C=N–C) groups is 1. The minimum absolute atomic E-state index is 0.